The second kappa shape index (κ2) is 13.7. The van der Waals surface area contributed by atoms with E-state index in [0.717, 1.165) is 42.6 Å². The van der Waals surface area contributed by atoms with E-state index in [1.54, 1.807) is 4.57 Å². The number of carbonyl (C=O) groups is 2. The van der Waals surface area contributed by atoms with Gasteiger partial charge in [0.15, 0.2) is 5.43 Å². The van der Waals surface area contributed by atoms with Gasteiger partial charge in [-0.1, -0.05) is 33.6 Å². The summed E-state index contributed by atoms with van der Waals surface area (Å²) in [6.45, 7) is 8.36. The highest BCUT2D eigenvalue weighted by Crippen LogP contribution is 2.48. The number of nitrogens with zero attached hydrogens (tertiary/aromatic N) is 1. The Morgan fingerprint density at radius 2 is 1.89 bits per heavy atom. The van der Waals surface area contributed by atoms with Crippen LogP contribution in [0.2, 0.25) is 0 Å². The maximum absolute atomic E-state index is 12.4. The van der Waals surface area contributed by atoms with E-state index in [9.17, 15) is 19.5 Å². The Labute approximate surface area is 217 Å². The molecule has 2 aromatic rings. The molecule has 202 valence electrons. The first kappa shape index (κ1) is 28.1. The number of aromatic nitrogens is 1. The Balaban J connectivity index is 0.00000121. The number of nitrogens with one attached hydrogen (secondary N) is 1. The van der Waals surface area contributed by atoms with E-state index in [1.807, 2.05) is 19.1 Å². The Morgan fingerprint density at radius 3 is 2.57 bits per heavy atom. The number of hydrogen-bond donors (Lipinski definition) is 2. The first-order valence-electron chi connectivity index (χ1n) is 13.2. The Morgan fingerprint density at radius 1 is 1.14 bits per heavy atom. The summed E-state index contributed by atoms with van der Waals surface area (Å²) in [5, 5.41) is 12.0. The molecule has 1 saturated carbocycles. The topological polar surface area (TPSA) is 116 Å². The first-order chi connectivity index (χ1) is 17.9. The third kappa shape index (κ3) is 7.74. The van der Waals surface area contributed by atoms with E-state index >= 15 is 0 Å². The molecule has 0 unspecified atom stereocenters. The van der Waals surface area contributed by atoms with Crippen LogP contribution in [0.1, 0.15) is 81.1 Å². The fraction of sp³-hybridized carbons (Fsp3) is 0.536. The highest BCUT2D eigenvalue weighted by molar-refractivity contribution is 5.87. The van der Waals surface area contributed by atoms with Crippen molar-refractivity contribution in [3.05, 3.63) is 45.7 Å². The zero-order valence-corrected chi connectivity index (χ0v) is 22.0. The van der Waals surface area contributed by atoms with Gasteiger partial charge in [0.25, 0.3) is 0 Å². The van der Waals surface area contributed by atoms with Crippen LogP contribution in [0.4, 0.5) is 4.79 Å². The number of hydrogen-bond acceptors (Lipinski definition) is 6. The molecular weight excluding hydrogens is 476 g/mol. The predicted molar refractivity (Wildman–Crippen MR) is 141 cm³/mol. The van der Waals surface area contributed by atoms with Gasteiger partial charge in [0, 0.05) is 30.4 Å². The summed E-state index contributed by atoms with van der Waals surface area (Å²) in [6, 6.07) is 5.24. The summed E-state index contributed by atoms with van der Waals surface area (Å²) in [4.78, 5) is 35.4. The Kier molecular flexibility index (Phi) is 10.4. The summed E-state index contributed by atoms with van der Waals surface area (Å²) in [7, 11) is 0. The Bertz CT molecular complexity index is 1140. The molecule has 0 radical (unpaired) electrons. The molecule has 2 aliphatic rings. The number of carbonyl (C=O) groups excluding carboxylic acids is 1. The second-order valence-corrected chi connectivity index (χ2v) is 9.27. The number of unbranched alkanes of at least 4 members (excludes halogenated alkanes) is 1. The molecule has 0 atom stereocenters. The van der Waals surface area contributed by atoms with E-state index < -0.39 is 17.5 Å². The number of pyridine rings is 1. The molecular formula is C28H38N2O7. The van der Waals surface area contributed by atoms with Crippen LogP contribution in [0.5, 0.6) is 11.5 Å². The summed E-state index contributed by atoms with van der Waals surface area (Å²) in [5.41, 5.74) is 1.68. The molecule has 4 rings (SSSR count). The molecule has 9 heteroatoms. The van der Waals surface area contributed by atoms with E-state index in [4.69, 9.17) is 14.2 Å². The van der Waals surface area contributed by atoms with Gasteiger partial charge < -0.3 is 29.2 Å². The van der Waals surface area contributed by atoms with Crippen LogP contribution in [-0.4, -0.2) is 48.1 Å². The van der Waals surface area contributed by atoms with E-state index in [0.29, 0.717) is 56.7 Å². The van der Waals surface area contributed by atoms with Crippen molar-refractivity contribution < 1.29 is 28.9 Å². The summed E-state index contributed by atoms with van der Waals surface area (Å²) < 4.78 is 18.9. The molecule has 1 aliphatic carbocycles. The zero-order valence-electron chi connectivity index (χ0n) is 22.0. The van der Waals surface area contributed by atoms with Crippen LogP contribution in [0, 0.1) is 0 Å². The van der Waals surface area contributed by atoms with Gasteiger partial charge in [-0.3, -0.25) is 4.79 Å². The molecule has 9 nitrogen and oxygen atoms in total. The van der Waals surface area contributed by atoms with Crippen LogP contribution in [-0.2, 0) is 11.3 Å². The van der Waals surface area contributed by atoms with Crippen molar-refractivity contribution in [3.8, 4) is 22.8 Å². The summed E-state index contributed by atoms with van der Waals surface area (Å²) in [5.74, 6) is 0.487. The van der Waals surface area contributed by atoms with E-state index in [2.05, 4.69) is 19.2 Å². The summed E-state index contributed by atoms with van der Waals surface area (Å²) in [6.07, 6.45) is 6.80. The fourth-order valence-electron chi connectivity index (χ4n) is 3.95. The molecule has 1 fully saturated rings. The van der Waals surface area contributed by atoms with Crippen molar-refractivity contribution in [2.24, 2.45) is 0 Å². The van der Waals surface area contributed by atoms with Gasteiger partial charge in [-0.15, -0.1) is 0 Å². The standard InChI is InChI=1S/C25H30N2O7.C3H8/c1-2-3-9-34-25(31)26-7-4-10-32-22-14-23-18(12-17(22)16-5-6-16)20-13-21(28)19(24(29)30)15-27(20)8-11-33-23;1-3-2/h12-16H,2-11H2,1H3,(H,26,31)(H,29,30);3H2,1-2H3. The van der Waals surface area contributed by atoms with E-state index in [1.165, 1.54) is 18.7 Å². The van der Waals surface area contributed by atoms with Gasteiger partial charge >= 0.3 is 12.1 Å². The van der Waals surface area contributed by atoms with E-state index in [-0.39, 0.29) is 5.56 Å². The second-order valence-electron chi connectivity index (χ2n) is 9.27. The van der Waals surface area contributed by atoms with Crippen molar-refractivity contribution in [1.29, 1.82) is 0 Å². The van der Waals surface area contributed by atoms with Gasteiger partial charge in [0.2, 0.25) is 0 Å². The number of benzene rings is 1. The summed E-state index contributed by atoms with van der Waals surface area (Å²) >= 11 is 0. The highest BCUT2D eigenvalue weighted by Gasteiger charge is 2.30. The number of alkyl carbamates (subject to hydrolysis) is 1. The minimum atomic E-state index is -1.24. The average Bonchev–Trinajstić information content (AvgIpc) is 3.71. The minimum absolute atomic E-state index is 0.252. The van der Waals surface area contributed by atoms with Gasteiger partial charge in [-0.2, -0.15) is 0 Å². The van der Waals surface area contributed by atoms with Crippen molar-refractivity contribution in [1.82, 2.24) is 9.88 Å². The SMILES string of the molecule is CCC.CCCCOC(=O)NCCCOc1cc2c(cc1C1CC1)-c1cc(=O)c(C(=O)O)cn1CCO2. The average molecular weight is 515 g/mol. The predicted octanol–water partition coefficient (Wildman–Crippen LogP) is 5.19. The number of aromatic carboxylic acids is 1. The molecule has 37 heavy (non-hydrogen) atoms. The zero-order chi connectivity index (χ0) is 26.8. The number of amides is 1. The normalized spacial score (nSPS) is 13.6. The third-order valence-corrected chi connectivity index (χ3v) is 5.93. The van der Waals surface area contributed by atoms with Crippen LogP contribution in [0.25, 0.3) is 11.3 Å². The van der Waals surface area contributed by atoms with Gasteiger partial charge in [0.1, 0.15) is 23.7 Å². The van der Waals surface area contributed by atoms with Crippen molar-refractivity contribution >= 4 is 12.1 Å². The molecule has 2 N–H and O–H groups in total. The van der Waals surface area contributed by atoms with Crippen molar-refractivity contribution in [3.63, 3.8) is 0 Å². The lowest BCUT2D eigenvalue weighted by Crippen LogP contribution is -2.26. The number of ether oxygens (including phenoxy) is 3. The quantitative estimate of drug-likeness (QED) is 0.419. The lowest BCUT2D eigenvalue weighted by Gasteiger charge is -2.17. The molecule has 1 aliphatic heterocycles. The number of carboxylic acids is 1. The maximum Gasteiger partial charge on any atom is 0.407 e. The maximum atomic E-state index is 12.4. The molecule has 0 spiro atoms. The van der Waals surface area contributed by atoms with Gasteiger partial charge in [-0.05, 0) is 43.2 Å². The molecule has 1 aromatic heterocycles. The molecule has 0 bridgehead atoms. The van der Waals surface area contributed by atoms with Crippen molar-refractivity contribution in [2.45, 2.75) is 71.8 Å². The monoisotopic (exact) mass is 514 g/mol. The molecule has 2 heterocycles. The lowest BCUT2D eigenvalue weighted by molar-refractivity contribution is 0.0694. The van der Waals surface area contributed by atoms with Gasteiger partial charge in [0.05, 0.1) is 25.5 Å². The lowest BCUT2D eigenvalue weighted by atomic mass is 10.0. The first-order valence-corrected chi connectivity index (χ1v) is 13.2. The number of fused-ring (bicyclic) bond motifs is 3. The van der Waals surface area contributed by atoms with Gasteiger partial charge in [-0.25, -0.2) is 9.59 Å². The van der Waals surface area contributed by atoms with Crippen LogP contribution in [0.3, 0.4) is 0 Å². The van der Waals surface area contributed by atoms with Crippen LogP contribution < -0.4 is 20.2 Å². The fourth-order valence-corrected chi connectivity index (χ4v) is 3.95. The van der Waals surface area contributed by atoms with Crippen LogP contribution in [0.15, 0.2) is 29.2 Å². The molecule has 1 aromatic carbocycles. The van der Waals surface area contributed by atoms with Crippen molar-refractivity contribution in [2.75, 3.05) is 26.4 Å². The number of rotatable bonds is 10. The minimum Gasteiger partial charge on any atom is -0.493 e. The largest absolute Gasteiger partial charge is 0.493 e. The number of carboxylic acid groups (broad SMARTS) is 1. The third-order valence-electron chi connectivity index (χ3n) is 5.93. The highest BCUT2D eigenvalue weighted by atomic mass is 16.5. The molecule has 1 amide bonds. The van der Waals surface area contributed by atoms with Crippen LogP contribution >= 0.6 is 0 Å². The Hall–Kier alpha value is -3.49. The molecule has 0 saturated heterocycles. The smallest absolute Gasteiger partial charge is 0.407 e.